The molecule has 2 heterocycles. The lowest BCUT2D eigenvalue weighted by Crippen LogP contribution is -2.53. The lowest BCUT2D eigenvalue weighted by atomic mass is 10.0. The molecule has 10 nitrogen and oxygen atoms in total. The molecule has 11 heteroatoms. The molecule has 2 aromatic carbocycles. The molecule has 1 aliphatic rings. The summed E-state index contributed by atoms with van der Waals surface area (Å²) in [5, 5.41) is 18.6. The van der Waals surface area contributed by atoms with E-state index in [0.717, 1.165) is 36.5 Å². The van der Waals surface area contributed by atoms with E-state index in [-0.39, 0.29) is 12.7 Å². The van der Waals surface area contributed by atoms with E-state index in [0.29, 0.717) is 17.8 Å². The number of likely N-dealkylation sites (tertiary alicyclic amines) is 1. The van der Waals surface area contributed by atoms with E-state index >= 15 is 0 Å². The molecule has 0 aliphatic carbocycles. The van der Waals surface area contributed by atoms with Crippen LogP contribution < -0.4 is 4.74 Å². The number of imidazole rings is 1. The van der Waals surface area contributed by atoms with E-state index in [2.05, 4.69) is 27.8 Å². The number of ether oxygens (including phenoxy) is 1. The minimum absolute atomic E-state index is 0.146. The molecule has 3 aromatic rings. The number of benzene rings is 2. The van der Waals surface area contributed by atoms with Gasteiger partial charge in [-0.05, 0) is 42.3 Å². The maximum atomic E-state index is 11.2. The Balaban J connectivity index is 1.40. The van der Waals surface area contributed by atoms with Gasteiger partial charge in [0.15, 0.2) is 0 Å². The molecule has 4 rings (SSSR count). The SMILES string of the molecule is C[C@H](O)c1nccn1[C@@H](C#Cc1ccc(-c2ccc(OC3CN(CCC#N)C3)cc2)cc1)COP(=O)(O)O. The van der Waals surface area contributed by atoms with E-state index in [9.17, 15) is 9.67 Å². The average molecular weight is 537 g/mol. The summed E-state index contributed by atoms with van der Waals surface area (Å²) < 4.78 is 23.5. The number of nitriles is 1. The molecule has 0 amide bonds. The zero-order valence-corrected chi connectivity index (χ0v) is 21.7. The lowest BCUT2D eigenvalue weighted by molar-refractivity contribution is 0.0216. The van der Waals surface area contributed by atoms with Crippen LogP contribution in [0.15, 0.2) is 60.9 Å². The van der Waals surface area contributed by atoms with Gasteiger partial charge >= 0.3 is 7.82 Å². The number of hydrogen-bond acceptors (Lipinski definition) is 7. The smallest absolute Gasteiger partial charge is 0.469 e. The zero-order chi connectivity index (χ0) is 27.1. The Morgan fingerprint density at radius 2 is 1.79 bits per heavy atom. The first-order valence-corrected chi connectivity index (χ1v) is 13.6. The fraction of sp³-hybridized carbons (Fsp3) is 0.333. The highest BCUT2D eigenvalue weighted by molar-refractivity contribution is 7.46. The third-order valence-electron chi connectivity index (χ3n) is 6.03. The van der Waals surface area contributed by atoms with Gasteiger partial charge in [-0.1, -0.05) is 36.1 Å². The second-order valence-electron chi connectivity index (χ2n) is 8.95. The van der Waals surface area contributed by atoms with Crippen molar-refractivity contribution in [2.75, 3.05) is 26.2 Å². The third-order valence-corrected chi connectivity index (χ3v) is 6.52. The molecule has 0 saturated carbocycles. The van der Waals surface area contributed by atoms with E-state index in [1.165, 1.54) is 6.20 Å². The summed E-state index contributed by atoms with van der Waals surface area (Å²) in [5.74, 6) is 7.11. The van der Waals surface area contributed by atoms with Crippen molar-refractivity contribution in [2.45, 2.75) is 31.6 Å². The van der Waals surface area contributed by atoms with Crippen LogP contribution in [0.1, 0.15) is 36.9 Å². The van der Waals surface area contributed by atoms with Crippen LogP contribution in [0, 0.1) is 23.2 Å². The molecule has 1 aliphatic heterocycles. The fourth-order valence-corrected chi connectivity index (χ4v) is 4.43. The van der Waals surface area contributed by atoms with Gasteiger partial charge in [-0.2, -0.15) is 5.26 Å². The Bertz CT molecular complexity index is 1360. The maximum Gasteiger partial charge on any atom is 0.469 e. The van der Waals surface area contributed by atoms with Gasteiger partial charge < -0.3 is 24.2 Å². The molecule has 198 valence electrons. The highest BCUT2D eigenvalue weighted by Gasteiger charge is 2.27. The van der Waals surface area contributed by atoms with Gasteiger partial charge in [-0.25, -0.2) is 9.55 Å². The van der Waals surface area contributed by atoms with Crippen molar-refractivity contribution < 1.29 is 28.7 Å². The minimum atomic E-state index is -4.70. The van der Waals surface area contributed by atoms with Gasteiger partial charge in [0.05, 0.1) is 12.7 Å². The number of phosphoric ester groups is 1. The Hall–Kier alpha value is -3.47. The molecule has 0 unspecified atom stereocenters. The van der Waals surface area contributed by atoms with Crippen molar-refractivity contribution >= 4 is 7.82 Å². The van der Waals surface area contributed by atoms with Crippen LogP contribution in [0.2, 0.25) is 0 Å². The van der Waals surface area contributed by atoms with Crippen LogP contribution in [-0.4, -0.2) is 61.7 Å². The van der Waals surface area contributed by atoms with Crippen molar-refractivity contribution in [3.8, 4) is 34.8 Å². The first-order chi connectivity index (χ1) is 18.2. The van der Waals surface area contributed by atoms with Crippen molar-refractivity contribution in [1.29, 1.82) is 5.26 Å². The first-order valence-electron chi connectivity index (χ1n) is 12.1. The predicted octanol–water partition coefficient (Wildman–Crippen LogP) is 3.28. The van der Waals surface area contributed by atoms with Gasteiger partial charge in [0.2, 0.25) is 0 Å². The summed E-state index contributed by atoms with van der Waals surface area (Å²) in [7, 11) is -4.70. The Morgan fingerprint density at radius 1 is 1.13 bits per heavy atom. The standard InChI is InChI=1S/C27H29N4O6P/c1-20(32)27-29-14-16-31(27)24(19-36-38(33,34)35)10-5-21-3-6-22(7-4-21)23-8-11-25(12-9-23)37-26-17-30(18-26)15-2-13-28/h3-4,6-9,11-12,14,16,20,24,26,32H,2,15,17-19H2,1H3,(H2,33,34,35)/t20-,24-/m0/s1. The van der Waals surface area contributed by atoms with Crippen LogP contribution in [0.25, 0.3) is 11.1 Å². The Morgan fingerprint density at radius 3 is 2.39 bits per heavy atom. The topological polar surface area (TPSA) is 141 Å². The van der Waals surface area contributed by atoms with Crippen molar-refractivity contribution in [3.05, 3.63) is 72.3 Å². The van der Waals surface area contributed by atoms with Crippen LogP contribution in [0.3, 0.4) is 0 Å². The summed E-state index contributed by atoms with van der Waals surface area (Å²) in [6.07, 6.45) is 2.85. The van der Waals surface area contributed by atoms with Crippen molar-refractivity contribution in [1.82, 2.24) is 14.5 Å². The molecule has 0 spiro atoms. The quantitative estimate of drug-likeness (QED) is 0.263. The Kier molecular flexibility index (Phi) is 8.98. The second kappa shape index (κ2) is 12.4. The lowest BCUT2D eigenvalue weighted by Gasteiger charge is -2.38. The van der Waals surface area contributed by atoms with Crippen LogP contribution in [-0.2, 0) is 9.09 Å². The van der Waals surface area contributed by atoms with Gasteiger partial charge in [0, 0.05) is 44.0 Å². The largest absolute Gasteiger partial charge is 0.488 e. The number of aliphatic hydroxyl groups is 1. The molecule has 1 saturated heterocycles. The number of hydrogen-bond donors (Lipinski definition) is 3. The molecule has 2 atom stereocenters. The highest BCUT2D eigenvalue weighted by atomic mass is 31.2. The number of aliphatic hydroxyl groups excluding tert-OH is 1. The van der Waals surface area contributed by atoms with E-state index in [4.69, 9.17) is 24.3 Å². The molecule has 38 heavy (non-hydrogen) atoms. The van der Waals surface area contributed by atoms with E-state index < -0.39 is 20.0 Å². The first kappa shape index (κ1) is 27.6. The second-order valence-corrected chi connectivity index (χ2v) is 10.2. The zero-order valence-electron chi connectivity index (χ0n) is 20.8. The van der Waals surface area contributed by atoms with Crippen molar-refractivity contribution in [2.24, 2.45) is 0 Å². The van der Waals surface area contributed by atoms with Crippen LogP contribution in [0.5, 0.6) is 5.75 Å². The molecule has 1 fully saturated rings. The maximum absolute atomic E-state index is 11.2. The molecular formula is C27H29N4O6P. The number of aromatic nitrogens is 2. The summed E-state index contributed by atoms with van der Waals surface area (Å²) in [6, 6.07) is 16.9. The number of phosphoric acid groups is 1. The monoisotopic (exact) mass is 536 g/mol. The van der Waals surface area contributed by atoms with Gasteiger partial charge in [-0.3, -0.25) is 9.42 Å². The Labute approximate surface area is 221 Å². The molecule has 0 bridgehead atoms. The molecular weight excluding hydrogens is 507 g/mol. The van der Waals surface area contributed by atoms with Gasteiger partial charge in [0.1, 0.15) is 29.8 Å². The van der Waals surface area contributed by atoms with E-state index in [1.54, 1.807) is 17.7 Å². The minimum Gasteiger partial charge on any atom is -0.488 e. The number of nitrogens with zero attached hydrogens (tertiary/aromatic N) is 4. The fourth-order valence-electron chi connectivity index (χ4n) is 4.09. The highest BCUT2D eigenvalue weighted by Crippen LogP contribution is 2.37. The van der Waals surface area contributed by atoms with Gasteiger partial charge in [-0.15, -0.1) is 0 Å². The predicted molar refractivity (Wildman–Crippen MR) is 140 cm³/mol. The normalized spacial score (nSPS) is 15.6. The van der Waals surface area contributed by atoms with Crippen molar-refractivity contribution in [3.63, 3.8) is 0 Å². The molecule has 0 radical (unpaired) electrons. The molecule has 3 N–H and O–H groups in total. The average Bonchev–Trinajstić information content (AvgIpc) is 3.36. The van der Waals surface area contributed by atoms with E-state index in [1.807, 2.05) is 48.5 Å². The summed E-state index contributed by atoms with van der Waals surface area (Å²) in [5.41, 5.74) is 2.73. The summed E-state index contributed by atoms with van der Waals surface area (Å²) >= 11 is 0. The number of rotatable bonds is 10. The molecule has 1 aromatic heterocycles. The summed E-state index contributed by atoms with van der Waals surface area (Å²) in [6.45, 7) is 3.62. The summed E-state index contributed by atoms with van der Waals surface area (Å²) in [4.78, 5) is 24.6. The van der Waals surface area contributed by atoms with Crippen LogP contribution >= 0.6 is 7.82 Å². The van der Waals surface area contributed by atoms with Crippen LogP contribution in [0.4, 0.5) is 0 Å². The van der Waals surface area contributed by atoms with Gasteiger partial charge in [0.25, 0.3) is 0 Å². The third kappa shape index (κ3) is 7.53.